The van der Waals surface area contributed by atoms with Gasteiger partial charge in [0.1, 0.15) is 19.0 Å². The van der Waals surface area contributed by atoms with Gasteiger partial charge in [-0.15, -0.1) is 0 Å². The van der Waals surface area contributed by atoms with Crippen molar-refractivity contribution in [2.45, 2.75) is 19.9 Å². The van der Waals surface area contributed by atoms with Crippen LogP contribution in [0.4, 0.5) is 10.5 Å². The number of urea groups is 1. The molecule has 3 aromatic rings. The molecule has 4 rings (SSSR count). The van der Waals surface area contributed by atoms with E-state index < -0.39 is 0 Å². The summed E-state index contributed by atoms with van der Waals surface area (Å²) in [4.78, 5) is 16.7. The number of carbonyl (C=O) groups excluding carboxylic acids is 1. The Morgan fingerprint density at radius 1 is 1.10 bits per heavy atom. The fourth-order valence-electron chi connectivity index (χ4n) is 3.28. The zero-order valence-corrected chi connectivity index (χ0v) is 16.4. The average Bonchev–Trinajstić information content (AvgIpc) is 3.08. The quantitative estimate of drug-likeness (QED) is 0.674. The van der Waals surface area contributed by atoms with Crippen molar-refractivity contribution in [3.63, 3.8) is 0 Å². The highest BCUT2D eigenvalue weighted by molar-refractivity contribution is 5.89. The minimum atomic E-state index is -0.264. The van der Waals surface area contributed by atoms with Gasteiger partial charge in [-0.3, -0.25) is 0 Å². The van der Waals surface area contributed by atoms with Crippen LogP contribution in [-0.4, -0.2) is 35.3 Å². The van der Waals surface area contributed by atoms with Gasteiger partial charge in [-0.05, 0) is 24.6 Å². The SMILES string of the molecule is Cc1cnc(CCNC(=O)Nc2ccc3c(c2)OCCO3)n1Cc1ccccc1. The number of nitrogens with zero attached hydrogens (tertiary/aromatic N) is 2. The van der Waals surface area contributed by atoms with Gasteiger partial charge in [0.15, 0.2) is 11.5 Å². The molecule has 1 aromatic heterocycles. The maximum absolute atomic E-state index is 12.2. The van der Waals surface area contributed by atoms with Crippen molar-refractivity contribution in [3.05, 3.63) is 71.8 Å². The second kappa shape index (κ2) is 8.68. The molecular formula is C22H24N4O3. The Bertz CT molecular complexity index is 985. The van der Waals surface area contributed by atoms with Crippen LogP contribution in [-0.2, 0) is 13.0 Å². The Kier molecular flexibility index (Phi) is 5.65. The fourth-order valence-corrected chi connectivity index (χ4v) is 3.28. The topological polar surface area (TPSA) is 77.4 Å². The number of hydrogen-bond donors (Lipinski definition) is 2. The lowest BCUT2D eigenvalue weighted by atomic mass is 10.2. The minimum absolute atomic E-state index is 0.264. The number of rotatable bonds is 6. The van der Waals surface area contributed by atoms with Crippen LogP contribution in [0.1, 0.15) is 17.1 Å². The molecule has 0 aliphatic carbocycles. The highest BCUT2D eigenvalue weighted by Gasteiger charge is 2.13. The maximum Gasteiger partial charge on any atom is 0.319 e. The summed E-state index contributed by atoms with van der Waals surface area (Å²) in [6, 6.07) is 15.4. The second-order valence-electron chi connectivity index (χ2n) is 6.88. The molecule has 0 radical (unpaired) electrons. The van der Waals surface area contributed by atoms with Gasteiger partial charge < -0.3 is 24.7 Å². The highest BCUT2D eigenvalue weighted by atomic mass is 16.6. The molecule has 0 atom stereocenters. The van der Waals surface area contributed by atoms with Crippen LogP contribution in [0.15, 0.2) is 54.7 Å². The standard InChI is InChI=1S/C22H24N4O3/c1-16-14-24-21(26(16)15-17-5-3-2-4-6-17)9-10-23-22(27)25-18-7-8-19-20(13-18)29-12-11-28-19/h2-8,13-14H,9-12,15H2,1H3,(H2,23,25,27). The molecule has 0 fully saturated rings. The zero-order valence-electron chi connectivity index (χ0n) is 16.4. The number of benzene rings is 2. The molecule has 0 unspecified atom stereocenters. The molecule has 2 heterocycles. The predicted octanol–water partition coefficient (Wildman–Crippen LogP) is 3.38. The largest absolute Gasteiger partial charge is 0.486 e. The molecule has 1 aliphatic heterocycles. The van der Waals surface area contributed by atoms with Crippen molar-refractivity contribution in [3.8, 4) is 11.5 Å². The van der Waals surface area contributed by atoms with Crippen molar-refractivity contribution in [1.29, 1.82) is 0 Å². The van der Waals surface area contributed by atoms with Crippen molar-refractivity contribution in [2.75, 3.05) is 25.1 Å². The summed E-state index contributed by atoms with van der Waals surface area (Å²) in [5.74, 6) is 2.29. The summed E-state index contributed by atoms with van der Waals surface area (Å²) >= 11 is 0. The maximum atomic E-state index is 12.2. The summed E-state index contributed by atoms with van der Waals surface area (Å²) in [5.41, 5.74) is 2.98. The van der Waals surface area contributed by atoms with Gasteiger partial charge in [-0.1, -0.05) is 30.3 Å². The van der Waals surface area contributed by atoms with Gasteiger partial charge in [0.05, 0.1) is 0 Å². The monoisotopic (exact) mass is 392 g/mol. The van der Waals surface area contributed by atoms with Gasteiger partial charge in [0, 0.05) is 43.2 Å². The molecule has 150 valence electrons. The van der Waals surface area contributed by atoms with Crippen LogP contribution in [0.5, 0.6) is 11.5 Å². The normalized spacial score (nSPS) is 12.4. The number of fused-ring (bicyclic) bond motifs is 1. The predicted molar refractivity (Wildman–Crippen MR) is 111 cm³/mol. The molecule has 0 saturated carbocycles. The molecule has 2 N–H and O–H groups in total. The number of carbonyl (C=O) groups is 1. The van der Waals surface area contributed by atoms with Crippen LogP contribution >= 0.6 is 0 Å². The first kappa shape index (κ1) is 18.9. The third kappa shape index (κ3) is 4.68. The number of ether oxygens (including phenoxy) is 2. The molecule has 2 aromatic carbocycles. The van der Waals surface area contributed by atoms with Gasteiger partial charge in [-0.25, -0.2) is 9.78 Å². The van der Waals surface area contributed by atoms with Crippen molar-refractivity contribution < 1.29 is 14.3 Å². The number of amides is 2. The number of nitrogens with one attached hydrogen (secondary N) is 2. The van der Waals surface area contributed by atoms with Crippen molar-refractivity contribution >= 4 is 11.7 Å². The van der Waals surface area contributed by atoms with E-state index in [9.17, 15) is 4.79 Å². The van der Waals surface area contributed by atoms with Crippen LogP contribution in [0, 0.1) is 6.92 Å². The van der Waals surface area contributed by atoms with Gasteiger partial charge in [-0.2, -0.15) is 0 Å². The summed E-state index contributed by atoms with van der Waals surface area (Å²) in [6.45, 7) is 4.35. The van der Waals surface area contributed by atoms with Gasteiger partial charge in [0.25, 0.3) is 0 Å². The Hall–Kier alpha value is -3.48. The Labute approximate surface area is 169 Å². The lowest BCUT2D eigenvalue weighted by Crippen LogP contribution is -2.31. The first-order valence-electron chi connectivity index (χ1n) is 9.68. The van der Waals surface area contributed by atoms with E-state index in [1.54, 1.807) is 18.2 Å². The molecule has 1 aliphatic rings. The Balaban J connectivity index is 1.31. The van der Waals surface area contributed by atoms with E-state index in [4.69, 9.17) is 9.47 Å². The Morgan fingerprint density at radius 2 is 1.90 bits per heavy atom. The average molecular weight is 392 g/mol. The summed E-state index contributed by atoms with van der Waals surface area (Å²) < 4.78 is 13.2. The van der Waals surface area contributed by atoms with E-state index >= 15 is 0 Å². The summed E-state index contributed by atoms with van der Waals surface area (Å²) in [7, 11) is 0. The second-order valence-corrected chi connectivity index (χ2v) is 6.88. The third-order valence-corrected chi connectivity index (χ3v) is 4.76. The minimum Gasteiger partial charge on any atom is -0.486 e. The van der Waals surface area contributed by atoms with E-state index in [-0.39, 0.29) is 6.03 Å². The van der Waals surface area contributed by atoms with E-state index in [0.717, 1.165) is 18.1 Å². The summed E-state index contributed by atoms with van der Waals surface area (Å²) in [5, 5.41) is 5.71. The van der Waals surface area contributed by atoms with E-state index in [0.29, 0.717) is 43.4 Å². The smallest absolute Gasteiger partial charge is 0.319 e. The first-order valence-corrected chi connectivity index (χ1v) is 9.68. The zero-order chi connectivity index (χ0) is 20.1. The third-order valence-electron chi connectivity index (χ3n) is 4.76. The number of imidazole rings is 1. The molecule has 0 saturated heterocycles. The fraction of sp³-hybridized carbons (Fsp3) is 0.273. The lowest BCUT2D eigenvalue weighted by molar-refractivity contribution is 0.171. The van der Waals surface area contributed by atoms with Gasteiger partial charge in [0.2, 0.25) is 0 Å². The molecular weight excluding hydrogens is 368 g/mol. The van der Waals surface area contributed by atoms with Crippen molar-refractivity contribution in [1.82, 2.24) is 14.9 Å². The summed E-state index contributed by atoms with van der Waals surface area (Å²) in [6.07, 6.45) is 2.52. The van der Waals surface area contributed by atoms with Gasteiger partial charge >= 0.3 is 6.03 Å². The van der Waals surface area contributed by atoms with Crippen LogP contribution in [0.3, 0.4) is 0 Å². The molecule has 0 spiro atoms. The van der Waals surface area contributed by atoms with Crippen LogP contribution < -0.4 is 20.1 Å². The lowest BCUT2D eigenvalue weighted by Gasteiger charge is -2.19. The number of aromatic nitrogens is 2. The molecule has 7 heteroatoms. The first-order chi connectivity index (χ1) is 14.2. The van der Waals surface area contributed by atoms with E-state index in [1.807, 2.05) is 31.3 Å². The van der Waals surface area contributed by atoms with Crippen molar-refractivity contribution in [2.24, 2.45) is 0 Å². The van der Waals surface area contributed by atoms with Crippen LogP contribution in [0.2, 0.25) is 0 Å². The molecule has 0 bridgehead atoms. The van der Waals surface area contributed by atoms with E-state index in [2.05, 4.69) is 32.3 Å². The number of aryl methyl sites for hydroxylation is 1. The molecule has 7 nitrogen and oxygen atoms in total. The number of hydrogen-bond acceptors (Lipinski definition) is 4. The highest BCUT2D eigenvalue weighted by Crippen LogP contribution is 2.32. The molecule has 2 amide bonds. The van der Waals surface area contributed by atoms with E-state index in [1.165, 1.54) is 5.56 Å². The number of anilines is 1. The Morgan fingerprint density at radius 3 is 2.72 bits per heavy atom. The molecule has 29 heavy (non-hydrogen) atoms. The van der Waals surface area contributed by atoms with Crippen LogP contribution in [0.25, 0.3) is 0 Å².